The molecule has 1 aromatic carbocycles. The molecule has 0 spiro atoms. The van der Waals surface area contributed by atoms with Crippen molar-refractivity contribution in [1.82, 2.24) is 4.98 Å². The van der Waals surface area contributed by atoms with Crippen LogP contribution in [0, 0.1) is 6.92 Å². The lowest BCUT2D eigenvalue weighted by molar-refractivity contribution is 0.103. The summed E-state index contributed by atoms with van der Waals surface area (Å²) in [4.78, 5) is 5.86. The van der Waals surface area contributed by atoms with E-state index in [2.05, 4.69) is 4.98 Å². The van der Waals surface area contributed by atoms with E-state index in [9.17, 15) is 0 Å². The molecule has 2 aromatic rings. The number of thiocarbonyl (C=S) groups is 1. The molecule has 0 amide bonds. The standard InChI is InChI=1S/C15H18N2O2S2/c1-11-14(21-10-17-11)5-6-18-7-8-19-13-4-2-3-12(9-13)15(16)20/h2-4,9-10H,5-8H2,1H3,(H2,16,20). The highest BCUT2D eigenvalue weighted by Gasteiger charge is 2.02. The third-order valence-corrected chi connectivity index (χ3v) is 4.16. The number of hydrogen-bond donors (Lipinski definition) is 1. The van der Waals surface area contributed by atoms with Crippen molar-refractivity contribution in [3.63, 3.8) is 0 Å². The van der Waals surface area contributed by atoms with Crippen molar-refractivity contribution >= 4 is 28.5 Å². The van der Waals surface area contributed by atoms with Crippen LogP contribution < -0.4 is 10.5 Å². The van der Waals surface area contributed by atoms with E-state index < -0.39 is 0 Å². The van der Waals surface area contributed by atoms with E-state index in [0.29, 0.717) is 24.8 Å². The minimum Gasteiger partial charge on any atom is -0.491 e. The van der Waals surface area contributed by atoms with Crippen molar-refractivity contribution in [1.29, 1.82) is 0 Å². The molecule has 6 heteroatoms. The number of nitrogens with two attached hydrogens (primary N) is 1. The van der Waals surface area contributed by atoms with Gasteiger partial charge in [0, 0.05) is 16.9 Å². The molecule has 21 heavy (non-hydrogen) atoms. The van der Waals surface area contributed by atoms with Crippen LogP contribution in [0.5, 0.6) is 5.75 Å². The quantitative estimate of drug-likeness (QED) is 0.598. The van der Waals surface area contributed by atoms with Crippen molar-refractivity contribution in [3.05, 3.63) is 45.9 Å². The lowest BCUT2D eigenvalue weighted by Crippen LogP contribution is -2.11. The number of benzene rings is 1. The first-order valence-corrected chi connectivity index (χ1v) is 7.95. The average molecular weight is 322 g/mol. The van der Waals surface area contributed by atoms with Gasteiger partial charge in [-0.1, -0.05) is 24.4 Å². The molecule has 2 N–H and O–H groups in total. The van der Waals surface area contributed by atoms with Crippen molar-refractivity contribution in [2.75, 3.05) is 19.8 Å². The van der Waals surface area contributed by atoms with Gasteiger partial charge in [0.2, 0.25) is 0 Å². The van der Waals surface area contributed by atoms with E-state index in [-0.39, 0.29) is 0 Å². The molecule has 1 aromatic heterocycles. The fourth-order valence-corrected chi connectivity index (χ4v) is 2.68. The van der Waals surface area contributed by atoms with Crippen LogP contribution in [-0.4, -0.2) is 29.8 Å². The number of nitrogens with zero attached hydrogens (tertiary/aromatic N) is 1. The molecule has 0 fully saturated rings. The van der Waals surface area contributed by atoms with Crippen LogP contribution in [0.3, 0.4) is 0 Å². The highest BCUT2D eigenvalue weighted by atomic mass is 32.1. The third kappa shape index (κ3) is 5.08. The second kappa shape index (κ2) is 8.07. The van der Waals surface area contributed by atoms with Crippen LogP contribution in [0.15, 0.2) is 29.8 Å². The van der Waals surface area contributed by atoms with Crippen LogP contribution in [-0.2, 0) is 11.2 Å². The van der Waals surface area contributed by atoms with Gasteiger partial charge >= 0.3 is 0 Å². The second-order valence-corrected chi connectivity index (χ2v) is 5.84. The van der Waals surface area contributed by atoms with Crippen molar-refractivity contribution in [3.8, 4) is 5.75 Å². The van der Waals surface area contributed by atoms with Crippen LogP contribution in [0.2, 0.25) is 0 Å². The van der Waals surface area contributed by atoms with Gasteiger partial charge in [-0.2, -0.15) is 0 Å². The summed E-state index contributed by atoms with van der Waals surface area (Å²) in [6, 6.07) is 7.45. The molecule has 112 valence electrons. The van der Waals surface area contributed by atoms with E-state index in [1.807, 2.05) is 36.7 Å². The van der Waals surface area contributed by atoms with Gasteiger partial charge < -0.3 is 15.2 Å². The van der Waals surface area contributed by atoms with Gasteiger partial charge in [-0.25, -0.2) is 4.98 Å². The molecular formula is C15H18N2O2S2. The average Bonchev–Trinajstić information content (AvgIpc) is 2.88. The lowest BCUT2D eigenvalue weighted by atomic mass is 10.2. The summed E-state index contributed by atoms with van der Waals surface area (Å²) < 4.78 is 11.2. The number of rotatable bonds is 8. The van der Waals surface area contributed by atoms with E-state index >= 15 is 0 Å². The predicted octanol–water partition coefficient (Wildman–Crippen LogP) is 2.72. The highest BCUT2D eigenvalue weighted by molar-refractivity contribution is 7.80. The molecular weight excluding hydrogens is 304 g/mol. The van der Waals surface area contributed by atoms with Gasteiger partial charge in [0.05, 0.1) is 24.4 Å². The van der Waals surface area contributed by atoms with E-state index in [1.54, 1.807) is 11.3 Å². The summed E-state index contributed by atoms with van der Waals surface area (Å²) >= 11 is 6.60. The Hall–Kier alpha value is -1.50. The van der Waals surface area contributed by atoms with Gasteiger partial charge in [-0.15, -0.1) is 11.3 Å². The van der Waals surface area contributed by atoms with Crippen LogP contribution in [0.1, 0.15) is 16.1 Å². The Balaban J connectivity index is 1.65. The topological polar surface area (TPSA) is 57.4 Å². The number of aryl methyl sites for hydroxylation is 1. The minimum atomic E-state index is 0.372. The van der Waals surface area contributed by atoms with E-state index in [1.165, 1.54) is 4.88 Å². The van der Waals surface area contributed by atoms with Crippen molar-refractivity contribution in [2.24, 2.45) is 5.73 Å². The zero-order chi connectivity index (χ0) is 15.1. The van der Waals surface area contributed by atoms with Crippen molar-refractivity contribution < 1.29 is 9.47 Å². The fraction of sp³-hybridized carbons (Fsp3) is 0.333. The molecule has 0 bridgehead atoms. The van der Waals surface area contributed by atoms with E-state index in [4.69, 9.17) is 27.4 Å². The maximum absolute atomic E-state index is 5.61. The monoisotopic (exact) mass is 322 g/mol. The number of ether oxygens (including phenoxy) is 2. The van der Waals surface area contributed by atoms with Crippen LogP contribution in [0.4, 0.5) is 0 Å². The summed E-state index contributed by atoms with van der Waals surface area (Å²) in [5.41, 5.74) is 9.35. The Bertz CT molecular complexity index is 599. The summed E-state index contributed by atoms with van der Waals surface area (Å²) in [5.74, 6) is 0.752. The molecule has 0 saturated carbocycles. The number of thiazole rings is 1. The molecule has 0 saturated heterocycles. The second-order valence-electron chi connectivity index (χ2n) is 4.46. The maximum atomic E-state index is 5.61. The van der Waals surface area contributed by atoms with Gasteiger partial charge in [0.1, 0.15) is 17.3 Å². The Labute approximate surface area is 133 Å². The van der Waals surface area contributed by atoms with Crippen LogP contribution in [0.25, 0.3) is 0 Å². The Morgan fingerprint density at radius 3 is 2.90 bits per heavy atom. The highest BCUT2D eigenvalue weighted by Crippen LogP contribution is 2.14. The van der Waals surface area contributed by atoms with Gasteiger partial charge in [-0.05, 0) is 19.1 Å². The Kier molecular flexibility index (Phi) is 6.10. The summed E-state index contributed by atoms with van der Waals surface area (Å²) in [7, 11) is 0. The SMILES string of the molecule is Cc1ncsc1CCOCCOc1cccc(C(N)=S)c1. The molecule has 0 aliphatic heterocycles. The molecule has 0 aliphatic carbocycles. The van der Waals surface area contributed by atoms with Gasteiger partial charge in [0.15, 0.2) is 0 Å². The fourth-order valence-electron chi connectivity index (χ4n) is 1.79. The normalized spacial score (nSPS) is 10.5. The van der Waals surface area contributed by atoms with Crippen LogP contribution >= 0.6 is 23.6 Å². The molecule has 2 rings (SSSR count). The first-order valence-electron chi connectivity index (χ1n) is 6.66. The molecule has 0 unspecified atom stereocenters. The molecule has 0 atom stereocenters. The zero-order valence-electron chi connectivity index (χ0n) is 11.9. The summed E-state index contributed by atoms with van der Waals surface area (Å²) in [6.45, 7) is 3.75. The lowest BCUT2D eigenvalue weighted by Gasteiger charge is -2.08. The number of aromatic nitrogens is 1. The molecule has 1 heterocycles. The van der Waals surface area contributed by atoms with E-state index in [0.717, 1.165) is 23.4 Å². The molecule has 0 radical (unpaired) electrons. The predicted molar refractivity (Wildman–Crippen MR) is 89.2 cm³/mol. The smallest absolute Gasteiger partial charge is 0.120 e. The Morgan fingerprint density at radius 2 is 2.19 bits per heavy atom. The third-order valence-electron chi connectivity index (χ3n) is 2.93. The van der Waals surface area contributed by atoms with Gasteiger partial charge in [0.25, 0.3) is 0 Å². The largest absolute Gasteiger partial charge is 0.491 e. The zero-order valence-corrected chi connectivity index (χ0v) is 13.5. The first kappa shape index (κ1) is 15.9. The first-order chi connectivity index (χ1) is 10.2. The Morgan fingerprint density at radius 1 is 1.33 bits per heavy atom. The summed E-state index contributed by atoms with van der Waals surface area (Å²) in [5, 5.41) is 0. The molecule has 0 aliphatic rings. The number of hydrogen-bond acceptors (Lipinski definition) is 5. The van der Waals surface area contributed by atoms with Crippen molar-refractivity contribution in [2.45, 2.75) is 13.3 Å². The summed E-state index contributed by atoms with van der Waals surface area (Å²) in [6.07, 6.45) is 0.896. The molecule has 4 nitrogen and oxygen atoms in total. The van der Waals surface area contributed by atoms with Gasteiger partial charge in [-0.3, -0.25) is 0 Å². The maximum Gasteiger partial charge on any atom is 0.120 e. The minimum absolute atomic E-state index is 0.372.